The summed E-state index contributed by atoms with van der Waals surface area (Å²) in [6.07, 6.45) is 2.54. The van der Waals surface area contributed by atoms with Crippen LogP contribution >= 0.6 is 11.6 Å². The largest absolute Gasteiger partial charge is 0.395 e. The van der Waals surface area contributed by atoms with Crippen molar-refractivity contribution in [2.45, 2.75) is 25.6 Å². The first-order chi connectivity index (χ1) is 10.1. The van der Waals surface area contributed by atoms with E-state index in [4.69, 9.17) is 11.6 Å². The molecule has 0 radical (unpaired) electrons. The van der Waals surface area contributed by atoms with Gasteiger partial charge in [-0.05, 0) is 17.7 Å². The van der Waals surface area contributed by atoms with Gasteiger partial charge in [-0.2, -0.15) is 0 Å². The van der Waals surface area contributed by atoms with Gasteiger partial charge in [0.05, 0.1) is 23.7 Å². The Labute approximate surface area is 127 Å². The monoisotopic (exact) mass is 309 g/mol. The topological polar surface area (TPSA) is 41.3 Å². The fourth-order valence-electron chi connectivity index (χ4n) is 2.81. The number of aromatic nitrogens is 2. The van der Waals surface area contributed by atoms with E-state index in [1.54, 1.807) is 12.4 Å². The van der Waals surface area contributed by atoms with Gasteiger partial charge >= 0.3 is 0 Å². The summed E-state index contributed by atoms with van der Waals surface area (Å²) in [4.78, 5) is 6.52. The molecule has 112 valence electrons. The number of benzene rings is 1. The third-order valence-corrected chi connectivity index (χ3v) is 4.33. The van der Waals surface area contributed by atoms with Gasteiger partial charge in [-0.15, -0.1) is 0 Å². The van der Waals surface area contributed by atoms with Crippen LogP contribution in [0.25, 0.3) is 0 Å². The van der Waals surface area contributed by atoms with E-state index in [1.165, 1.54) is 6.07 Å². The second kappa shape index (κ2) is 5.75. The van der Waals surface area contributed by atoms with Gasteiger partial charge in [0.1, 0.15) is 5.82 Å². The van der Waals surface area contributed by atoms with Crippen LogP contribution in [0.1, 0.15) is 17.0 Å². The molecule has 1 aliphatic heterocycles. The van der Waals surface area contributed by atoms with Crippen molar-refractivity contribution in [2.75, 3.05) is 6.61 Å². The van der Waals surface area contributed by atoms with Gasteiger partial charge in [0.25, 0.3) is 0 Å². The molecule has 4 nitrogen and oxygen atoms in total. The Morgan fingerprint density at radius 2 is 2.29 bits per heavy atom. The molecule has 0 fully saturated rings. The Balaban J connectivity index is 1.82. The Bertz CT molecular complexity index is 658. The number of rotatable bonds is 3. The van der Waals surface area contributed by atoms with Gasteiger partial charge in [-0.25, -0.2) is 9.37 Å². The van der Waals surface area contributed by atoms with Crippen molar-refractivity contribution in [3.8, 4) is 0 Å². The molecule has 1 aliphatic rings. The molecular formula is C15H17ClFN3O. The third-order valence-electron chi connectivity index (χ3n) is 4.02. The van der Waals surface area contributed by atoms with Crippen LogP contribution in [0.4, 0.5) is 4.39 Å². The number of hydrogen-bond acceptors (Lipinski definition) is 3. The molecule has 3 rings (SSSR count). The Morgan fingerprint density at radius 1 is 1.48 bits per heavy atom. The van der Waals surface area contributed by atoms with Crippen LogP contribution in [0.5, 0.6) is 0 Å². The van der Waals surface area contributed by atoms with Crippen molar-refractivity contribution >= 4 is 11.6 Å². The minimum absolute atomic E-state index is 0.0200. The number of imidazole rings is 1. The van der Waals surface area contributed by atoms with E-state index in [2.05, 4.69) is 9.88 Å². The van der Waals surface area contributed by atoms with Gasteiger partial charge in [-0.3, -0.25) is 4.90 Å². The summed E-state index contributed by atoms with van der Waals surface area (Å²) in [7, 11) is 1.96. The third kappa shape index (κ3) is 2.81. The number of aliphatic hydroxyl groups excluding tert-OH is 1. The number of halogens is 2. The van der Waals surface area contributed by atoms with Crippen molar-refractivity contribution in [3.05, 3.63) is 52.3 Å². The van der Waals surface area contributed by atoms with E-state index >= 15 is 0 Å². The summed E-state index contributed by atoms with van der Waals surface area (Å²) in [5.41, 5.74) is 3.03. The van der Waals surface area contributed by atoms with Crippen LogP contribution in [0.2, 0.25) is 5.02 Å². The zero-order chi connectivity index (χ0) is 15.0. The molecule has 2 aromatic rings. The fraction of sp³-hybridized carbons (Fsp3) is 0.400. The highest BCUT2D eigenvalue weighted by atomic mass is 35.5. The van der Waals surface area contributed by atoms with E-state index in [-0.39, 0.29) is 17.7 Å². The Kier molecular flexibility index (Phi) is 3.97. The highest BCUT2D eigenvalue weighted by Crippen LogP contribution is 2.24. The maximum atomic E-state index is 13.5. The molecule has 1 unspecified atom stereocenters. The van der Waals surface area contributed by atoms with Gasteiger partial charge in [0.2, 0.25) is 0 Å². The van der Waals surface area contributed by atoms with Gasteiger partial charge in [0, 0.05) is 38.3 Å². The molecule has 0 saturated heterocycles. The van der Waals surface area contributed by atoms with Crippen molar-refractivity contribution in [1.82, 2.24) is 14.5 Å². The normalized spacial score (nSPS) is 18.8. The quantitative estimate of drug-likeness (QED) is 0.944. The van der Waals surface area contributed by atoms with E-state index in [0.717, 1.165) is 23.4 Å². The summed E-state index contributed by atoms with van der Waals surface area (Å²) in [5.74, 6) is -0.412. The molecule has 1 atom stereocenters. The van der Waals surface area contributed by atoms with Crippen LogP contribution < -0.4 is 0 Å². The minimum Gasteiger partial charge on any atom is -0.395 e. The molecule has 1 aromatic carbocycles. The summed E-state index contributed by atoms with van der Waals surface area (Å²) < 4.78 is 15.5. The van der Waals surface area contributed by atoms with Crippen LogP contribution in [-0.2, 0) is 26.6 Å². The second-order valence-corrected chi connectivity index (χ2v) is 5.85. The molecule has 0 amide bonds. The molecular weight excluding hydrogens is 293 g/mol. The Morgan fingerprint density at radius 3 is 3.00 bits per heavy atom. The lowest BCUT2D eigenvalue weighted by molar-refractivity contribution is 0.0967. The van der Waals surface area contributed by atoms with Crippen molar-refractivity contribution in [1.29, 1.82) is 0 Å². The van der Waals surface area contributed by atoms with Gasteiger partial charge in [0.15, 0.2) is 0 Å². The van der Waals surface area contributed by atoms with E-state index in [0.29, 0.717) is 13.1 Å². The van der Waals surface area contributed by atoms with Crippen molar-refractivity contribution in [2.24, 2.45) is 7.05 Å². The molecule has 0 aliphatic carbocycles. The lowest BCUT2D eigenvalue weighted by atomic mass is 10.0. The predicted octanol–water partition coefficient (Wildman–Crippen LogP) is 2.13. The highest BCUT2D eigenvalue weighted by molar-refractivity contribution is 6.30. The molecule has 0 saturated carbocycles. The highest BCUT2D eigenvalue weighted by Gasteiger charge is 2.28. The van der Waals surface area contributed by atoms with E-state index < -0.39 is 5.82 Å². The average molecular weight is 310 g/mol. The summed E-state index contributed by atoms with van der Waals surface area (Å²) in [5, 5.41) is 9.75. The minimum atomic E-state index is -0.412. The Hall–Kier alpha value is -1.43. The van der Waals surface area contributed by atoms with Crippen LogP contribution in [0, 0.1) is 5.82 Å². The number of fused-ring (bicyclic) bond motifs is 1. The SMILES string of the molecule is Cn1cnc2c1CC(CO)N(Cc1ccc(Cl)c(F)c1)C2. The molecule has 21 heavy (non-hydrogen) atoms. The number of aryl methyl sites for hydroxylation is 1. The number of nitrogens with zero attached hydrogens (tertiary/aromatic N) is 3. The summed E-state index contributed by atoms with van der Waals surface area (Å²) in [6.45, 7) is 1.29. The molecule has 2 heterocycles. The van der Waals surface area contributed by atoms with E-state index in [9.17, 15) is 9.50 Å². The zero-order valence-corrected chi connectivity index (χ0v) is 12.5. The lowest BCUT2D eigenvalue weighted by Gasteiger charge is -2.34. The van der Waals surface area contributed by atoms with E-state index in [1.807, 2.05) is 17.7 Å². The van der Waals surface area contributed by atoms with Gasteiger partial charge < -0.3 is 9.67 Å². The maximum absolute atomic E-state index is 13.5. The summed E-state index contributed by atoms with van der Waals surface area (Å²) >= 11 is 5.71. The molecule has 1 N–H and O–H groups in total. The average Bonchev–Trinajstić information content (AvgIpc) is 2.83. The van der Waals surface area contributed by atoms with Crippen LogP contribution in [0.3, 0.4) is 0 Å². The first kappa shape index (κ1) is 14.5. The molecule has 6 heteroatoms. The smallest absolute Gasteiger partial charge is 0.142 e. The second-order valence-electron chi connectivity index (χ2n) is 5.44. The van der Waals surface area contributed by atoms with Crippen molar-refractivity contribution < 1.29 is 9.50 Å². The van der Waals surface area contributed by atoms with Gasteiger partial charge in [-0.1, -0.05) is 17.7 Å². The van der Waals surface area contributed by atoms with Crippen molar-refractivity contribution in [3.63, 3.8) is 0 Å². The number of hydrogen-bond donors (Lipinski definition) is 1. The predicted molar refractivity (Wildman–Crippen MR) is 78.4 cm³/mol. The molecule has 1 aromatic heterocycles. The van der Waals surface area contributed by atoms with Crippen LogP contribution in [0.15, 0.2) is 24.5 Å². The maximum Gasteiger partial charge on any atom is 0.142 e. The zero-order valence-electron chi connectivity index (χ0n) is 11.8. The first-order valence-electron chi connectivity index (χ1n) is 6.86. The number of aliphatic hydroxyl groups is 1. The fourth-order valence-corrected chi connectivity index (χ4v) is 2.93. The molecule has 0 spiro atoms. The standard InChI is InChI=1S/C15H17ClFN3O/c1-19-9-18-14-7-20(11(8-21)5-15(14)19)6-10-2-3-12(16)13(17)4-10/h2-4,9,11,21H,5-8H2,1H3. The summed E-state index contributed by atoms with van der Waals surface area (Å²) in [6, 6.07) is 4.85. The lowest BCUT2D eigenvalue weighted by Crippen LogP contribution is -2.42. The first-order valence-corrected chi connectivity index (χ1v) is 7.24. The molecule has 0 bridgehead atoms. The van der Waals surface area contributed by atoms with Crippen LogP contribution in [-0.4, -0.2) is 32.2 Å².